The first-order chi connectivity index (χ1) is 12.4. The zero-order valence-corrected chi connectivity index (χ0v) is 16.5. The zero-order chi connectivity index (χ0) is 18.7. The summed E-state index contributed by atoms with van der Waals surface area (Å²) in [6, 6.07) is 13.6. The predicted octanol–water partition coefficient (Wildman–Crippen LogP) is 3.81. The molecule has 0 aromatic heterocycles. The molecule has 136 valence electrons. The van der Waals surface area contributed by atoms with E-state index in [-0.39, 0.29) is 11.7 Å². The van der Waals surface area contributed by atoms with Gasteiger partial charge < -0.3 is 9.64 Å². The average Bonchev–Trinajstić information content (AvgIpc) is 2.97. The van der Waals surface area contributed by atoms with Crippen LogP contribution in [-0.2, 0) is 9.84 Å². The lowest BCUT2D eigenvalue weighted by atomic mass is 10.1. The van der Waals surface area contributed by atoms with Crippen LogP contribution >= 0.6 is 15.9 Å². The molecule has 0 N–H and O–H groups in total. The molecule has 1 amide bonds. The molecule has 0 bridgehead atoms. The van der Waals surface area contributed by atoms with E-state index in [4.69, 9.17) is 4.74 Å². The van der Waals surface area contributed by atoms with Gasteiger partial charge in [-0.25, -0.2) is 8.42 Å². The highest BCUT2D eigenvalue weighted by molar-refractivity contribution is 9.10. The van der Waals surface area contributed by atoms with Crippen molar-refractivity contribution in [2.24, 2.45) is 0 Å². The number of nitrogens with zero attached hydrogens (tertiary/aromatic N) is 1. The summed E-state index contributed by atoms with van der Waals surface area (Å²) in [5.74, 6) is 0.0427. The summed E-state index contributed by atoms with van der Waals surface area (Å²) in [5, 5.41) is 1.17. The second-order valence-electron chi connectivity index (χ2n) is 5.81. The Morgan fingerprint density at radius 1 is 1.19 bits per heavy atom. The van der Waals surface area contributed by atoms with Crippen molar-refractivity contribution in [3.63, 3.8) is 0 Å². The number of para-hydroxylation sites is 1. The molecule has 1 aliphatic heterocycles. The molecule has 3 rings (SSSR count). The SMILES string of the molecule is CCOc1ccccc1C(=O)N(c1ccc(Br)cc1)C1C=CS(=O)(=O)C1. The summed E-state index contributed by atoms with van der Waals surface area (Å²) >= 11 is 3.38. The van der Waals surface area contributed by atoms with E-state index >= 15 is 0 Å². The maximum absolute atomic E-state index is 13.3. The first-order valence-electron chi connectivity index (χ1n) is 8.13. The van der Waals surface area contributed by atoms with Gasteiger partial charge in [0.1, 0.15) is 5.75 Å². The predicted molar refractivity (Wildman–Crippen MR) is 105 cm³/mol. The molecule has 2 aromatic rings. The van der Waals surface area contributed by atoms with Crippen LogP contribution < -0.4 is 9.64 Å². The average molecular weight is 436 g/mol. The summed E-state index contributed by atoms with van der Waals surface area (Å²) in [6.07, 6.45) is 1.55. The highest BCUT2D eigenvalue weighted by atomic mass is 79.9. The number of sulfone groups is 1. The van der Waals surface area contributed by atoms with Crippen molar-refractivity contribution < 1.29 is 17.9 Å². The number of rotatable bonds is 5. The number of carbonyl (C=O) groups excluding carboxylic acids is 1. The molecule has 0 fully saturated rings. The van der Waals surface area contributed by atoms with Crippen LogP contribution in [0.3, 0.4) is 0 Å². The maximum atomic E-state index is 13.3. The summed E-state index contributed by atoms with van der Waals surface area (Å²) in [4.78, 5) is 14.8. The summed E-state index contributed by atoms with van der Waals surface area (Å²) < 4.78 is 30.3. The molecule has 2 aromatic carbocycles. The first kappa shape index (κ1) is 18.7. The number of carbonyl (C=O) groups is 1. The zero-order valence-electron chi connectivity index (χ0n) is 14.1. The molecule has 0 saturated heterocycles. The van der Waals surface area contributed by atoms with Crippen molar-refractivity contribution in [1.82, 2.24) is 0 Å². The Morgan fingerprint density at radius 3 is 2.50 bits per heavy atom. The third kappa shape index (κ3) is 3.99. The monoisotopic (exact) mass is 435 g/mol. The lowest BCUT2D eigenvalue weighted by Gasteiger charge is -2.28. The van der Waals surface area contributed by atoms with Crippen molar-refractivity contribution in [3.05, 3.63) is 70.1 Å². The van der Waals surface area contributed by atoms with E-state index in [1.54, 1.807) is 42.5 Å². The van der Waals surface area contributed by atoms with E-state index in [1.165, 1.54) is 10.3 Å². The van der Waals surface area contributed by atoms with Crippen LogP contribution in [0.4, 0.5) is 5.69 Å². The standard InChI is InChI=1S/C19H18BrNO4S/c1-2-25-18-6-4-3-5-17(18)19(22)21(15-9-7-14(20)8-10-15)16-11-12-26(23,24)13-16/h3-12,16H,2,13H2,1H3. The number of ether oxygens (including phenoxy) is 1. The van der Waals surface area contributed by atoms with E-state index in [0.29, 0.717) is 23.6 Å². The number of halogens is 1. The van der Waals surface area contributed by atoms with E-state index < -0.39 is 15.9 Å². The van der Waals surface area contributed by atoms with Gasteiger partial charge in [0.25, 0.3) is 5.91 Å². The fraction of sp³-hybridized carbons (Fsp3) is 0.211. The van der Waals surface area contributed by atoms with Crippen molar-refractivity contribution in [2.45, 2.75) is 13.0 Å². The molecular weight excluding hydrogens is 418 g/mol. The Hall–Kier alpha value is -2.12. The third-order valence-corrected chi connectivity index (χ3v) is 5.89. The summed E-state index contributed by atoms with van der Waals surface area (Å²) in [6.45, 7) is 2.28. The quantitative estimate of drug-likeness (QED) is 0.715. The molecule has 0 aliphatic carbocycles. The number of hydrogen-bond donors (Lipinski definition) is 0. The molecule has 0 radical (unpaired) electrons. The van der Waals surface area contributed by atoms with Crippen LogP contribution in [0, 0.1) is 0 Å². The van der Waals surface area contributed by atoms with Gasteiger partial charge >= 0.3 is 0 Å². The Bertz CT molecular complexity index is 938. The van der Waals surface area contributed by atoms with Crippen LogP contribution in [0.15, 0.2) is 64.5 Å². The first-order valence-corrected chi connectivity index (χ1v) is 10.6. The molecular formula is C19H18BrNO4S. The molecule has 26 heavy (non-hydrogen) atoms. The number of anilines is 1. The fourth-order valence-electron chi connectivity index (χ4n) is 2.84. The molecule has 5 nitrogen and oxygen atoms in total. The van der Waals surface area contributed by atoms with Crippen LogP contribution in [0.1, 0.15) is 17.3 Å². The van der Waals surface area contributed by atoms with Gasteiger partial charge in [0, 0.05) is 15.6 Å². The van der Waals surface area contributed by atoms with Gasteiger partial charge in [-0.1, -0.05) is 28.1 Å². The minimum Gasteiger partial charge on any atom is -0.493 e. The van der Waals surface area contributed by atoms with Gasteiger partial charge in [-0.15, -0.1) is 0 Å². The minimum absolute atomic E-state index is 0.133. The summed E-state index contributed by atoms with van der Waals surface area (Å²) in [7, 11) is -3.31. The Morgan fingerprint density at radius 2 is 1.88 bits per heavy atom. The van der Waals surface area contributed by atoms with Crippen LogP contribution in [0.2, 0.25) is 0 Å². The third-order valence-electron chi connectivity index (χ3n) is 3.98. The molecule has 0 spiro atoms. The van der Waals surface area contributed by atoms with Crippen molar-refractivity contribution >= 4 is 37.4 Å². The Labute approximate surface area is 161 Å². The molecule has 1 aliphatic rings. The normalized spacial score (nSPS) is 17.8. The minimum atomic E-state index is -3.31. The van der Waals surface area contributed by atoms with Gasteiger partial charge in [0.05, 0.1) is 24.0 Å². The van der Waals surface area contributed by atoms with Gasteiger partial charge in [0.2, 0.25) is 0 Å². The smallest absolute Gasteiger partial charge is 0.262 e. The van der Waals surface area contributed by atoms with Crippen molar-refractivity contribution in [1.29, 1.82) is 0 Å². The van der Waals surface area contributed by atoms with Gasteiger partial charge in [-0.3, -0.25) is 4.79 Å². The topological polar surface area (TPSA) is 63.7 Å². The van der Waals surface area contributed by atoms with Crippen LogP contribution in [0.5, 0.6) is 5.75 Å². The molecule has 1 unspecified atom stereocenters. The summed E-state index contributed by atoms with van der Waals surface area (Å²) in [5.41, 5.74) is 1.02. The second-order valence-corrected chi connectivity index (χ2v) is 8.65. The lowest BCUT2D eigenvalue weighted by Crippen LogP contribution is -2.41. The largest absolute Gasteiger partial charge is 0.493 e. The lowest BCUT2D eigenvalue weighted by molar-refractivity contribution is 0.0979. The number of hydrogen-bond acceptors (Lipinski definition) is 4. The van der Waals surface area contributed by atoms with E-state index in [0.717, 1.165) is 4.47 Å². The van der Waals surface area contributed by atoms with Gasteiger partial charge in [-0.05, 0) is 49.4 Å². The molecule has 1 heterocycles. The van der Waals surface area contributed by atoms with E-state index in [1.807, 2.05) is 19.1 Å². The second kappa shape index (κ2) is 7.63. The van der Waals surface area contributed by atoms with E-state index in [9.17, 15) is 13.2 Å². The molecule has 1 atom stereocenters. The fourth-order valence-corrected chi connectivity index (χ4v) is 4.37. The van der Waals surface area contributed by atoms with Gasteiger partial charge in [-0.2, -0.15) is 0 Å². The van der Waals surface area contributed by atoms with Crippen molar-refractivity contribution in [3.8, 4) is 5.75 Å². The van der Waals surface area contributed by atoms with Gasteiger partial charge in [0.15, 0.2) is 9.84 Å². The molecule has 7 heteroatoms. The highest BCUT2D eigenvalue weighted by Gasteiger charge is 2.33. The van der Waals surface area contributed by atoms with Crippen LogP contribution in [-0.4, -0.2) is 32.7 Å². The van der Waals surface area contributed by atoms with Crippen LogP contribution in [0.25, 0.3) is 0 Å². The molecule has 0 saturated carbocycles. The maximum Gasteiger partial charge on any atom is 0.262 e. The number of benzene rings is 2. The highest BCUT2D eigenvalue weighted by Crippen LogP contribution is 2.29. The van der Waals surface area contributed by atoms with Crippen molar-refractivity contribution in [2.75, 3.05) is 17.3 Å². The Balaban J connectivity index is 2.05. The Kier molecular flexibility index (Phi) is 5.48. The van der Waals surface area contributed by atoms with E-state index in [2.05, 4.69) is 15.9 Å². The number of amides is 1.